The van der Waals surface area contributed by atoms with Gasteiger partial charge in [0.25, 0.3) is 0 Å². The Hall–Kier alpha value is -4.38. The number of benzene rings is 3. The van der Waals surface area contributed by atoms with Crippen molar-refractivity contribution in [1.82, 2.24) is 10.6 Å². The summed E-state index contributed by atoms with van der Waals surface area (Å²) in [7, 11) is 0. The maximum atomic E-state index is 4.02. The number of nitrogens with one attached hydrogen (secondary N) is 2. The Bertz CT molecular complexity index is 2160. The Morgan fingerprint density at radius 3 is 2.50 bits per heavy atom. The lowest BCUT2D eigenvalue weighted by Crippen LogP contribution is -2.52. The third-order valence-electron chi connectivity index (χ3n) is 12.2. The van der Waals surface area contributed by atoms with E-state index in [4.69, 9.17) is 0 Å². The molecule has 0 saturated heterocycles. The van der Waals surface area contributed by atoms with Gasteiger partial charge < -0.3 is 10.2 Å². The molecular formula is C46H45N3S. The standard InChI is InChI=1S/C46H45N3S/c1-2-11-33(12-3-1)46-47-40(31-23-21-30(22-24-31)35-16-10-17-39-38-15-6-9-20-44(38)50-45(35)39)29-41(48-46)32-25-27-34(28-26-32)49-42-18-7-4-13-36(42)37-14-5-8-19-43(37)49/h1-4,6,8-11,13,15-17,19-21,23,25-31,33,36,41-42,46-48H,5,7,12,14,18,22,24H2. The van der Waals surface area contributed by atoms with Crippen LogP contribution in [-0.4, -0.2) is 12.2 Å². The molecule has 3 heterocycles. The molecule has 1 aromatic heterocycles. The summed E-state index contributed by atoms with van der Waals surface area (Å²) in [6.07, 6.45) is 34.6. The molecule has 50 heavy (non-hydrogen) atoms. The number of nitrogens with zero attached hydrogens (tertiary/aromatic N) is 1. The minimum Gasteiger partial charge on any atom is -0.372 e. The van der Waals surface area contributed by atoms with Crippen LogP contribution in [0.3, 0.4) is 0 Å². The zero-order valence-corrected chi connectivity index (χ0v) is 29.4. The second-order valence-electron chi connectivity index (χ2n) is 15.0. The van der Waals surface area contributed by atoms with Crippen LogP contribution in [0.2, 0.25) is 0 Å². The van der Waals surface area contributed by atoms with E-state index in [1.807, 2.05) is 11.3 Å². The SMILES string of the molecule is C1=CCC(C2NC(C3C=CC(c4cccc5c4sc4ccccc45)CC3)=CC(c3ccc(N4C5=C(CCC=C5)C5C=CCCC54)cc3)N2)C=C1. The van der Waals surface area contributed by atoms with Gasteiger partial charge in [0.2, 0.25) is 0 Å². The summed E-state index contributed by atoms with van der Waals surface area (Å²) in [4.78, 5) is 2.66. The number of thiophene rings is 1. The van der Waals surface area contributed by atoms with E-state index < -0.39 is 0 Å². The van der Waals surface area contributed by atoms with E-state index in [1.54, 1.807) is 5.57 Å². The van der Waals surface area contributed by atoms with Gasteiger partial charge in [0.05, 0.1) is 12.2 Å². The van der Waals surface area contributed by atoms with Gasteiger partial charge in [-0.2, -0.15) is 0 Å². The zero-order valence-electron chi connectivity index (χ0n) is 28.5. The highest BCUT2D eigenvalue weighted by Crippen LogP contribution is 2.47. The van der Waals surface area contributed by atoms with Crippen LogP contribution in [0, 0.1) is 17.8 Å². The van der Waals surface area contributed by atoms with Crippen molar-refractivity contribution in [2.24, 2.45) is 17.8 Å². The summed E-state index contributed by atoms with van der Waals surface area (Å²) in [5, 5.41) is 10.8. The predicted molar refractivity (Wildman–Crippen MR) is 211 cm³/mol. The summed E-state index contributed by atoms with van der Waals surface area (Å²) < 4.78 is 2.84. The van der Waals surface area contributed by atoms with Crippen molar-refractivity contribution in [3.63, 3.8) is 0 Å². The van der Waals surface area contributed by atoms with Crippen LogP contribution in [0.1, 0.15) is 68.0 Å². The van der Waals surface area contributed by atoms with Crippen LogP contribution in [0.4, 0.5) is 5.69 Å². The van der Waals surface area contributed by atoms with Gasteiger partial charge in [-0.3, -0.25) is 5.32 Å². The van der Waals surface area contributed by atoms with Crippen molar-refractivity contribution in [3.05, 3.63) is 162 Å². The molecule has 3 aromatic carbocycles. The van der Waals surface area contributed by atoms with Crippen LogP contribution in [0.15, 0.2) is 151 Å². The highest BCUT2D eigenvalue weighted by atomic mass is 32.1. The first-order valence-corrected chi connectivity index (χ1v) is 19.7. The van der Waals surface area contributed by atoms with Crippen LogP contribution >= 0.6 is 11.3 Å². The summed E-state index contributed by atoms with van der Waals surface area (Å²) >= 11 is 1.95. The van der Waals surface area contributed by atoms with Crippen LogP contribution < -0.4 is 15.5 Å². The quantitative estimate of drug-likeness (QED) is 0.207. The third kappa shape index (κ3) is 5.27. The molecule has 0 radical (unpaired) electrons. The smallest absolute Gasteiger partial charge is 0.0839 e. The lowest BCUT2D eigenvalue weighted by molar-refractivity contribution is 0.312. The first-order valence-electron chi connectivity index (χ1n) is 18.9. The van der Waals surface area contributed by atoms with Gasteiger partial charge in [-0.1, -0.05) is 103 Å². The van der Waals surface area contributed by atoms with Gasteiger partial charge in [0, 0.05) is 67.0 Å². The number of anilines is 1. The molecule has 6 aliphatic rings. The molecule has 2 aliphatic heterocycles. The minimum absolute atomic E-state index is 0.163. The molecule has 0 fully saturated rings. The van der Waals surface area contributed by atoms with E-state index >= 15 is 0 Å². The number of rotatable bonds is 5. The van der Waals surface area contributed by atoms with Gasteiger partial charge in [0.1, 0.15) is 0 Å². The molecule has 0 saturated carbocycles. The van der Waals surface area contributed by atoms with Crippen molar-refractivity contribution < 1.29 is 0 Å². The number of hydrogen-bond donors (Lipinski definition) is 2. The van der Waals surface area contributed by atoms with Crippen LogP contribution in [0.25, 0.3) is 20.2 Å². The largest absolute Gasteiger partial charge is 0.372 e. The molecule has 2 N–H and O–H groups in total. The lowest BCUT2D eigenvalue weighted by Gasteiger charge is -2.39. The van der Waals surface area contributed by atoms with Crippen LogP contribution in [-0.2, 0) is 0 Å². The van der Waals surface area contributed by atoms with Crippen molar-refractivity contribution >= 4 is 37.2 Å². The third-order valence-corrected chi connectivity index (χ3v) is 13.4. The first kappa shape index (κ1) is 30.4. The average molecular weight is 672 g/mol. The zero-order chi connectivity index (χ0) is 33.0. The van der Waals surface area contributed by atoms with E-state index in [0.29, 0.717) is 29.7 Å². The van der Waals surface area contributed by atoms with Gasteiger partial charge in [-0.05, 0) is 92.0 Å². The maximum absolute atomic E-state index is 4.02. The number of hydrogen-bond acceptors (Lipinski definition) is 4. The van der Waals surface area contributed by atoms with Crippen molar-refractivity contribution in [2.45, 2.75) is 69.1 Å². The molecule has 0 spiro atoms. The summed E-state index contributed by atoms with van der Waals surface area (Å²) in [5.41, 5.74) is 8.64. The van der Waals surface area contributed by atoms with E-state index in [2.05, 4.69) is 149 Å². The van der Waals surface area contributed by atoms with Gasteiger partial charge in [0.15, 0.2) is 0 Å². The second kappa shape index (κ2) is 12.7. The molecule has 250 valence electrons. The molecule has 7 unspecified atom stereocenters. The fourth-order valence-electron chi connectivity index (χ4n) is 9.64. The summed E-state index contributed by atoms with van der Waals surface area (Å²) in [5.74, 6) is 1.84. The Labute approximate surface area is 300 Å². The highest BCUT2D eigenvalue weighted by molar-refractivity contribution is 7.26. The van der Waals surface area contributed by atoms with Gasteiger partial charge >= 0.3 is 0 Å². The minimum atomic E-state index is 0.163. The van der Waals surface area contributed by atoms with Crippen LogP contribution in [0.5, 0.6) is 0 Å². The first-order chi connectivity index (χ1) is 24.8. The molecule has 4 aliphatic carbocycles. The van der Waals surface area contributed by atoms with E-state index in [-0.39, 0.29) is 12.2 Å². The van der Waals surface area contributed by atoms with E-state index in [0.717, 1.165) is 19.3 Å². The molecule has 4 aromatic rings. The molecular weight excluding hydrogens is 627 g/mol. The molecule has 0 amide bonds. The Kier molecular flexibility index (Phi) is 7.76. The van der Waals surface area contributed by atoms with Gasteiger partial charge in [-0.15, -0.1) is 11.3 Å². The maximum Gasteiger partial charge on any atom is 0.0839 e. The Morgan fingerprint density at radius 1 is 0.740 bits per heavy atom. The molecule has 4 heteroatoms. The van der Waals surface area contributed by atoms with Gasteiger partial charge in [-0.25, -0.2) is 0 Å². The van der Waals surface area contributed by atoms with Crippen molar-refractivity contribution in [1.29, 1.82) is 0 Å². The fraction of sp³-hybridized carbons (Fsp3) is 0.304. The predicted octanol–water partition coefficient (Wildman–Crippen LogP) is 11.1. The highest BCUT2D eigenvalue weighted by Gasteiger charge is 2.40. The topological polar surface area (TPSA) is 27.3 Å². The number of fused-ring (bicyclic) bond motifs is 5. The normalized spacial score (nSPS) is 30.1. The summed E-state index contributed by atoms with van der Waals surface area (Å²) in [6.45, 7) is 0. The second-order valence-corrected chi connectivity index (χ2v) is 16.1. The number of allylic oxidation sites excluding steroid dienone is 8. The monoisotopic (exact) mass is 671 g/mol. The lowest BCUT2D eigenvalue weighted by atomic mass is 9.81. The molecule has 10 rings (SSSR count). The molecule has 7 atom stereocenters. The van der Waals surface area contributed by atoms with Crippen molar-refractivity contribution in [2.75, 3.05) is 4.90 Å². The van der Waals surface area contributed by atoms with Crippen molar-refractivity contribution in [3.8, 4) is 0 Å². The van der Waals surface area contributed by atoms with E-state index in [9.17, 15) is 0 Å². The Morgan fingerprint density at radius 2 is 1.62 bits per heavy atom. The fourth-order valence-corrected chi connectivity index (χ4v) is 10.9. The molecule has 0 bridgehead atoms. The average Bonchev–Trinajstić information content (AvgIpc) is 3.74. The van der Waals surface area contributed by atoms with E-state index in [1.165, 1.54) is 74.1 Å². The molecule has 3 nitrogen and oxygen atoms in total. The summed E-state index contributed by atoms with van der Waals surface area (Å²) in [6, 6.07) is 26.0. The Balaban J connectivity index is 0.937.